The minimum Gasteiger partial charge on any atom is -0.389 e. The molecule has 0 aliphatic heterocycles. The molecule has 3 N–H and O–H groups in total. The fourth-order valence-corrected chi connectivity index (χ4v) is 2.52. The monoisotopic (exact) mass is 199 g/mol. The van der Waals surface area contributed by atoms with Gasteiger partial charge in [-0.1, -0.05) is 26.2 Å². The van der Waals surface area contributed by atoms with Crippen molar-refractivity contribution >= 4 is 0 Å². The molecular formula is C12H25NO. The van der Waals surface area contributed by atoms with E-state index in [1.165, 1.54) is 25.7 Å². The molecule has 0 aromatic rings. The fraction of sp³-hybridized carbons (Fsp3) is 1.00. The highest BCUT2D eigenvalue weighted by Crippen LogP contribution is 2.34. The summed E-state index contributed by atoms with van der Waals surface area (Å²) in [7, 11) is 0. The largest absolute Gasteiger partial charge is 0.389 e. The SMILES string of the molecule is CC1CCCC(CC(C)(O)C(C)N)C1. The minimum absolute atomic E-state index is 0.125. The first-order valence-electron chi connectivity index (χ1n) is 5.90. The predicted molar refractivity (Wildman–Crippen MR) is 60.0 cm³/mol. The summed E-state index contributed by atoms with van der Waals surface area (Å²) in [5, 5.41) is 10.1. The topological polar surface area (TPSA) is 46.2 Å². The Labute approximate surface area is 87.9 Å². The summed E-state index contributed by atoms with van der Waals surface area (Å²) in [5.41, 5.74) is 5.09. The van der Waals surface area contributed by atoms with Crippen LogP contribution in [-0.2, 0) is 0 Å². The number of rotatable bonds is 3. The van der Waals surface area contributed by atoms with Crippen LogP contribution in [0.4, 0.5) is 0 Å². The van der Waals surface area contributed by atoms with Crippen molar-refractivity contribution in [3.63, 3.8) is 0 Å². The van der Waals surface area contributed by atoms with Gasteiger partial charge in [0.05, 0.1) is 5.60 Å². The number of hydrogen-bond acceptors (Lipinski definition) is 2. The molecule has 4 unspecified atom stereocenters. The molecule has 0 spiro atoms. The second-order valence-corrected chi connectivity index (χ2v) is 5.49. The van der Waals surface area contributed by atoms with Crippen LogP contribution in [0.3, 0.4) is 0 Å². The maximum atomic E-state index is 10.1. The van der Waals surface area contributed by atoms with E-state index < -0.39 is 5.60 Å². The highest BCUT2D eigenvalue weighted by Gasteiger charge is 2.31. The van der Waals surface area contributed by atoms with E-state index in [0.717, 1.165) is 12.3 Å². The molecule has 2 heteroatoms. The quantitative estimate of drug-likeness (QED) is 0.732. The van der Waals surface area contributed by atoms with Crippen LogP contribution >= 0.6 is 0 Å². The summed E-state index contributed by atoms with van der Waals surface area (Å²) >= 11 is 0. The maximum Gasteiger partial charge on any atom is 0.0769 e. The third-order valence-electron chi connectivity index (χ3n) is 3.73. The van der Waals surface area contributed by atoms with Crippen molar-refractivity contribution in [2.24, 2.45) is 17.6 Å². The van der Waals surface area contributed by atoms with E-state index in [1.54, 1.807) is 0 Å². The molecule has 0 radical (unpaired) electrons. The summed E-state index contributed by atoms with van der Waals surface area (Å²) in [6.45, 7) is 6.08. The highest BCUT2D eigenvalue weighted by atomic mass is 16.3. The van der Waals surface area contributed by atoms with Crippen LogP contribution in [-0.4, -0.2) is 16.7 Å². The average molecular weight is 199 g/mol. The molecule has 14 heavy (non-hydrogen) atoms. The predicted octanol–water partition coefficient (Wildman–Crippen LogP) is 2.30. The van der Waals surface area contributed by atoms with Gasteiger partial charge in [-0.3, -0.25) is 0 Å². The van der Waals surface area contributed by atoms with E-state index in [9.17, 15) is 5.11 Å². The van der Waals surface area contributed by atoms with Gasteiger partial charge in [0.1, 0.15) is 0 Å². The van der Waals surface area contributed by atoms with E-state index in [-0.39, 0.29) is 6.04 Å². The van der Waals surface area contributed by atoms with Gasteiger partial charge in [0.25, 0.3) is 0 Å². The second-order valence-electron chi connectivity index (χ2n) is 5.49. The van der Waals surface area contributed by atoms with Gasteiger partial charge in [0.15, 0.2) is 0 Å². The molecule has 0 saturated heterocycles. The van der Waals surface area contributed by atoms with Crippen molar-refractivity contribution in [3.8, 4) is 0 Å². The first-order chi connectivity index (χ1) is 6.42. The van der Waals surface area contributed by atoms with Crippen molar-refractivity contribution in [1.29, 1.82) is 0 Å². The van der Waals surface area contributed by atoms with Crippen molar-refractivity contribution in [3.05, 3.63) is 0 Å². The number of nitrogens with two attached hydrogens (primary N) is 1. The van der Waals surface area contributed by atoms with Gasteiger partial charge in [0, 0.05) is 6.04 Å². The Hall–Kier alpha value is -0.0800. The van der Waals surface area contributed by atoms with E-state index in [2.05, 4.69) is 6.92 Å². The van der Waals surface area contributed by atoms with Crippen LogP contribution < -0.4 is 5.73 Å². The molecule has 2 nitrogen and oxygen atoms in total. The first kappa shape index (κ1) is 12.0. The lowest BCUT2D eigenvalue weighted by atomic mass is 9.76. The lowest BCUT2D eigenvalue weighted by Gasteiger charge is -2.35. The third-order valence-corrected chi connectivity index (χ3v) is 3.73. The summed E-state index contributed by atoms with van der Waals surface area (Å²) < 4.78 is 0. The molecule has 1 fully saturated rings. The zero-order valence-corrected chi connectivity index (χ0v) is 9.79. The van der Waals surface area contributed by atoms with Gasteiger partial charge in [-0.25, -0.2) is 0 Å². The van der Waals surface area contributed by atoms with Crippen molar-refractivity contribution < 1.29 is 5.11 Å². The Morgan fingerprint density at radius 2 is 2.14 bits per heavy atom. The Morgan fingerprint density at radius 3 is 2.64 bits per heavy atom. The van der Waals surface area contributed by atoms with E-state index in [1.807, 2.05) is 13.8 Å². The van der Waals surface area contributed by atoms with Gasteiger partial charge in [-0.05, 0) is 38.5 Å². The molecular weight excluding hydrogens is 174 g/mol. The summed E-state index contributed by atoms with van der Waals surface area (Å²) in [6, 6.07) is -0.125. The van der Waals surface area contributed by atoms with E-state index >= 15 is 0 Å². The molecule has 0 aromatic heterocycles. The molecule has 1 aliphatic carbocycles. The normalized spacial score (nSPS) is 34.9. The van der Waals surface area contributed by atoms with Crippen LogP contribution in [0.1, 0.15) is 52.9 Å². The summed E-state index contributed by atoms with van der Waals surface area (Å²) in [4.78, 5) is 0. The molecule has 4 atom stereocenters. The fourth-order valence-electron chi connectivity index (χ4n) is 2.52. The summed E-state index contributed by atoms with van der Waals surface area (Å²) in [5.74, 6) is 1.51. The number of hydrogen-bond donors (Lipinski definition) is 2. The van der Waals surface area contributed by atoms with Gasteiger partial charge in [-0.2, -0.15) is 0 Å². The van der Waals surface area contributed by atoms with E-state index in [4.69, 9.17) is 5.73 Å². The molecule has 84 valence electrons. The van der Waals surface area contributed by atoms with Gasteiger partial charge in [-0.15, -0.1) is 0 Å². The average Bonchev–Trinajstić information content (AvgIpc) is 2.02. The maximum absolute atomic E-state index is 10.1. The molecule has 0 amide bonds. The van der Waals surface area contributed by atoms with Gasteiger partial charge in [0.2, 0.25) is 0 Å². The van der Waals surface area contributed by atoms with E-state index in [0.29, 0.717) is 5.92 Å². The molecule has 1 saturated carbocycles. The summed E-state index contributed by atoms with van der Waals surface area (Å²) in [6.07, 6.45) is 6.09. The molecule has 0 bridgehead atoms. The Bertz CT molecular complexity index is 177. The standard InChI is InChI=1S/C12H25NO/c1-9-5-4-6-11(7-9)8-12(3,14)10(2)13/h9-11,14H,4-8,13H2,1-3H3. The third kappa shape index (κ3) is 3.25. The van der Waals surface area contributed by atoms with Crippen LogP contribution in [0.25, 0.3) is 0 Å². The molecule has 0 aromatic carbocycles. The van der Waals surface area contributed by atoms with Crippen molar-refractivity contribution in [1.82, 2.24) is 0 Å². The Kier molecular flexibility index (Phi) is 3.96. The van der Waals surface area contributed by atoms with Crippen molar-refractivity contribution in [2.75, 3.05) is 0 Å². The molecule has 1 rings (SSSR count). The zero-order chi connectivity index (χ0) is 10.8. The van der Waals surface area contributed by atoms with Crippen molar-refractivity contribution in [2.45, 2.75) is 64.5 Å². The highest BCUT2D eigenvalue weighted by molar-refractivity contribution is 4.86. The Balaban J connectivity index is 2.43. The minimum atomic E-state index is -0.679. The zero-order valence-electron chi connectivity index (χ0n) is 9.79. The van der Waals surface area contributed by atoms with Crippen LogP contribution in [0.2, 0.25) is 0 Å². The van der Waals surface area contributed by atoms with Crippen LogP contribution in [0.5, 0.6) is 0 Å². The number of aliphatic hydroxyl groups is 1. The first-order valence-corrected chi connectivity index (χ1v) is 5.90. The van der Waals surface area contributed by atoms with Crippen LogP contribution in [0, 0.1) is 11.8 Å². The second kappa shape index (κ2) is 4.63. The Morgan fingerprint density at radius 1 is 1.50 bits per heavy atom. The molecule has 1 aliphatic rings. The van der Waals surface area contributed by atoms with Gasteiger partial charge < -0.3 is 10.8 Å². The molecule has 0 heterocycles. The lowest BCUT2D eigenvalue weighted by Crippen LogP contribution is -2.45. The van der Waals surface area contributed by atoms with Crippen LogP contribution in [0.15, 0.2) is 0 Å². The smallest absolute Gasteiger partial charge is 0.0769 e. The van der Waals surface area contributed by atoms with Gasteiger partial charge >= 0.3 is 0 Å². The lowest BCUT2D eigenvalue weighted by molar-refractivity contribution is 0.00576.